The molecule has 0 saturated carbocycles. The summed E-state index contributed by atoms with van der Waals surface area (Å²) in [5, 5.41) is 6.16. The molecule has 1 aromatic carbocycles. The number of anilines is 1. The molecular weight excluding hydrogens is 256 g/mol. The van der Waals surface area contributed by atoms with Crippen molar-refractivity contribution in [1.29, 1.82) is 0 Å². The third-order valence-corrected chi connectivity index (χ3v) is 3.36. The number of thiophene rings is 1. The Bertz CT molecular complexity index is 645. The summed E-state index contributed by atoms with van der Waals surface area (Å²) >= 11 is 1.45. The van der Waals surface area contributed by atoms with E-state index < -0.39 is 0 Å². The number of carbonyl (C=O) groups is 1. The lowest BCUT2D eigenvalue weighted by atomic mass is 10.2. The number of hydrogen-bond donors (Lipinski definition) is 1. The van der Waals surface area contributed by atoms with Crippen LogP contribution in [-0.2, 0) is 0 Å². The molecule has 0 aliphatic rings. The van der Waals surface area contributed by atoms with Gasteiger partial charge in [0.05, 0.1) is 16.1 Å². The first kappa shape index (κ1) is 13.2. The fourth-order valence-electron chi connectivity index (χ4n) is 1.66. The van der Waals surface area contributed by atoms with Gasteiger partial charge in [-0.3, -0.25) is 9.78 Å². The fourth-order valence-corrected chi connectivity index (χ4v) is 2.19. The molecule has 2 heterocycles. The highest BCUT2D eigenvalue weighted by atomic mass is 32.1. The molecule has 0 radical (unpaired) electrons. The van der Waals surface area contributed by atoms with E-state index in [9.17, 15) is 4.79 Å². The predicted octanol–water partition coefficient (Wildman–Crippen LogP) is 3.84. The zero-order valence-corrected chi connectivity index (χ0v) is 11.4. The van der Waals surface area contributed by atoms with Crippen LogP contribution >= 0.6 is 11.3 Å². The summed E-state index contributed by atoms with van der Waals surface area (Å²) < 4.78 is 0. The quantitative estimate of drug-likeness (QED) is 0.719. The number of pyridine rings is 1. The molecule has 0 amide bonds. The minimum Gasteiger partial charge on any atom is -0.386 e. The van der Waals surface area contributed by atoms with Crippen LogP contribution in [0.5, 0.6) is 0 Å². The summed E-state index contributed by atoms with van der Waals surface area (Å²) in [6.07, 6.45) is 2.66. The Labute approximate surface area is 115 Å². The summed E-state index contributed by atoms with van der Waals surface area (Å²) in [7, 11) is 1.91. The van der Waals surface area contributed by atoms with Crippen LogP contribution in [0.4, 0.5) is 5.69 Å². The van der Waals surface area contributed by atoms with E-state index in [-0.39, 0.29) is 0 Å². The zero-order valence-electron chi connectivity index (χ0n) is 10.5. The van der Waals surface area contributed by atoms with Crippen molar-refractivity contribution in [1.82, 2.24) is 4.98 Å². The second-order valence-corrected chi connectivity index (χ2v) is 4.74. The Hall–Kier alpha value is -2.20. The van der Waals surface area contributed by atoms with Gasteiger partial charge < -0.3 is 5.32 Å². The predicted molar refractivity (Wildman–Crippen MR) is 81.0 cm³/mol. The first-order valence-electron chi connectivity index (χ1n) is 5.85. The average molecular weight is 270 g/mol. The summed E-state index contributed by atoms with van der Waals surface area (Å²) in [6, 6.07) is 13.8. The second kappa shape index (κ2) is 6.66. The van der Waals surface area contributed by atoms with Crippen molar-refractivity contribution >= 4 is 34.2 Å². The van der Waals surface area contributed by atoms with Crippen LogP contribution in [-0.4, -0.2) is 18.3 Å². The minimum atomic E-state index is 0.792. The van der Waals surface area contributed by atoms with E-state index in [1.165, 1.54) is 16.7 Å². The van der Waals surface area contributed by atoms with Gasteiger partial charge >= 0.3 is 0 Å². The second-order valence-electron chi connectivity index (χ2n) is 3.76. The highest BCUT2D eigenvalue weighted by Gasteiger charge is 1.96. The van der Waals surface area contributed by atoms with Crippen LogP contribution in [0.25, 0.3) is 10.9 Å². The van der Waals surface area contributed by atoms with E-state index in [2.05, 4.69) is 22.4 Å². The molecule has 3 nitrogen and oxygen atoms in total. The zero-order chi connectivity index (χ0) is 13.5. The van der Waals surface area contributed by atoms with Gasteiger partial charge in [0.2, 0.25) is 0 Å². The smallest absolute Gasteiger partial charge is 0.159 e. The highest BCUT2D eigenvalue weighted by molar-refractivity contribution is 7.11. The van der Waals surface area contributed by atoms with Gasteiger partial charge in [-0.1, -0.05) is 24.3 Å². The third-order valence-electron chi connectivity index (χ3n) is 2.56. The maximum Gasteiger partial charge on any atom is 0.159 e. The van der Waals surface area contributed by atoms with Gasteiger partial charge in [-0.2, -0.15) is 0 Å². The van der Waals surface area contributed by atoms with Crippen molar-refractivity contribution in [3.63, 3.8) is 0 Å². The number of nitrogens with one attached hydrogen (secondary N) is 1. The van der Waals surface area contributed by atoms with Gasteiger partial charge in [0.25, 0.3) is 0 Å². The van der Waals surface area contributed by atoms with Crippen molar-refractivity contribution in [3.8, 4) is 0 Å². The fraction of sp³-hybridized carbons (Fsp3) is 0.0667. The Morgan fingerprint density at radius 1 is 1.16 bits per heavy atom. The van der Waals surface area contributed by atoms with Crippen molar-refractivity contribution in [2.45, 2.75) is 0 Å². The SMILES string of the molecule is CNc1cccc2cccnc12.O=Cc1cccs1. The number of aromatic nitrogens is 1. The molecule has 3 rings (SSSR count). The number of nitrogens with zero attached hydrogens (tertiary/aromatic N) is 1. The maximum atomic E-state index is 9.88. The van der Waals surface area contributed by atoms with Gasteiger partial charge in [-0.25, -0.2) is 0 Å². The van der Waals surface area contributed by atoms with Gasteiger partial charge in [-0.15, -0.1) is 11.3 Å². The highest BCUT2D eigenvalue weighted by Crippen LogP contribution is 2.19. The van der Waals surface area contributed by atoms with E-state index in [0.29, 0.717) is 0 Å². The monoisotopic (exact) mass is 270 g/mol. The van der Waals surface area contributed by atoms with Crippen molar-refractivity contribution in [2.24, 2.45) is 0 Å². The van der Waals surface area contributed by atoms with Crippen LogP contribution < -0.4 is 5.32 Å². The standard InChI is InChI=1S/C10H10N2.C5H4OS/c1-11-9-6-2-4-8-5-3-7-12-10(8)9;6-4-5-2-1-3-7-5/h2-7,11H,1H3;1-4H. The lowest BCUT2D eigenvalue weighted by molar-refractivity contribution is 0.112. The molecule has 0 unspecified atom stereocenters. The normalized spacial score (nSPS) is 9.53. The molecule has 0 saturated heterocycles. The molecule has 19 heavy (non-hydrogen) atoms. The largest absolute Gasteiger partial charge is 0.386 e. The van der Waals surface area contributed by atoms with E-state index in [0.717, 1.165) is 22.4 Å². The molecule has 2 aromatic heterocycles. The Balaban J connectivity index is 0.000000163. The van der Waals surface area contributed by atoms with Crippen LogP contribution in [0.1, 0.15) is 9.67 Å². The molecule has 1 N–H and O–H groups in total. The van der Waals surface area contributed by atoms with Gasteiger partial charge in [0.15, 0.2) is 6.29 Å². The van der Waals surface area contributed by atoms with Crippen molar-refractivity contribution < 1.29 is 4.79 Å². The molecule has 0 atom stereocenters. The number of hydrogen-bond acceptors (Lipinski definition) is 4. The summed E-state index contributed by atoms with van der Waals surface area (Å²) in [4.78, 5) is 15.0. The molecule has 0 aliphatic heterocycles. The van der Waals surface area contributed by atoms with Gasteiger partial charge in [-0.05, 0) is 23.6 Å². The number of aldehydes is 1. The van der Waals surface area contributed by atoms with Gasteiger partial charge in [0, 0.05) is 18.6 Å². The first-order chi connectivity index (χ1) is 9.35. The number of para-hydroxylation sites is 1. The molecule has 0 spiro atoms. The first-order valence-corrected chi connectivity index (χ1v) is 6.73. The van der Waals surface area contributed by atoms with E-state index in [1.807, 2.05) is 42.9 Å². The van der Waals surface area contributed by atoms with Crippen LogP contribution in [0, 0.1) is 0 Å². The van der Waals surface area contributed by atoms with Crippen molar-refractivity contribution in [2.75, 3.05) is 12.4 Å². The molecule has 0 bridgehead atoms. The Kier molecular flexibility index (Phi) is 4.64. The van der Waals surface area contributed by atoms with Crippen molar-refractivity contribution in [3.05, 3.63) is 58.9 Å². The van der Waals surface area contributed by atoms with Crippen LogP contribution in [0.2, 0.25) is 0 Å². The Morgan fingerprint density at radius 2 is 2.00 bits per heavy atom. The lowest BCUT2D eigenvalue weighted by Crippen LogP contribution is -1.90. The van der Waals surface area contributed by atoms with Crippen LogP contribution in [0.15, 0.2) is 54.0 Å². The van der Waals surface area contributed by atoms with Crippen LogP contribution in [0.3, 0.4) is 0 Å². The maximum absolute atomic E-state index is 9.88. The Morgan fingerprint density at radius 3 is 2.63 bits per heavy atom. The van der Waals surface area contributed by atoms with E-state index in [1.54, 1.807) is 6.07 Å². The molecule has 3 aromatic rings. The molecule has 96 valence electrons. The molecular formula is C15H14N2OS. The van der Waals surface area contributed by atoms with E-state index >= 15 is 0 Å². The average Bonchev–Trinajstić information content (AvgIpc) is 3.01. The summed E-state index contributed by atoms with van der Waals surface area (Å²) in [5.74, 6) is 0. The molecule has 0 aliphatic carbocycles. The third kappa shape index (κ3) is 3.39. The topological polar surface area (TPSA) is 42.0 Å². The lowest BCUT2D eigenvalue weighted by Gasteiger charge is -2.02. The number of fused-ring (bicyclic) bond motifs is 1. The van der Waals surface area contributed by atoms with E-state index in [4.69, 9.17) is 0 Å². The molecule has 4 heteroatoms. The number of benzene rings is 1. The molecule has 0 fully saturated rings. The number of carbonyl (C=O) groups excluding carboxylic acids is 1. The van der Waals surface area contributed by atoms with Gasteiger partial charge in [0.1, 0.15) is 0 Å². The summed E-state index contributed by atoms with van der Waals surface area (Å²) in [5.41, 5.74) is 2.11. The minimum absolute atomic E-state index is 0.792. The summed E-state index contributed by atoms with van der Waals surface area (Å²) in [6.45, 7) is 0. The number of rotatable bonds is 2.